The Morgan fingerprint density at radius 3 is 2.95 bits per heavy atom. The number of nitriles is 1. The molecule has 0 spiro atoms. The molecule has 0 saturated heterocycles. The lowest BCUT2D eigenvalue weighted by atomic mass is 10.2. The van der Waals surface area contributed by atoms with Crippen molar-refractivity contribution in [1.82, 2.24) is 4.98 Å². The Bertz CT molecular complexity index is 833. The Hall–Kier alpha value is -2.09. The molecule has 0 radical (unpaired) electrons. The second kappa shape index (κ2) is 5.12. The molecule has 3 nitrogen and oxygen atoms in total. The number of nitrogens with zero attached hydrogens (tertiary/aromatic N) is 2. The van der Waals surface area contributed by atoms with Crippen LogP contribution < -0.4 is 5.32 Å². The molecule has 98 valence electrons. The molecule has 0 aliphatic heterocycles. The van der Waals surface area contributed by atoms with Crippen LogP contribution in [-0.4, -0.2) is 4.98 Å². The van der Waals surface area contributed by atoms with Gasteiger partial charge in [0, 0.05) is 0 Å². The number of thiazole rings is 1. The predicted octanol–water partition coefficient (Wildman–Crippen LogP) is 4.87. The number of fused-ring (bicyclic) bond motifs is 1. The lowest BCUT2D eigenvalue weighted by Crippen LogP contribution is -1.93. The van der Waals surface area contributed by atoms with Gasteiger partial charge < -0.3 is 5.32 Å². The van der Waals surface area contributed by atoms with E-state index >= 15 is 0 Å². The molecule has 20 heavy (non-hydrogen) atoms. The summed E-state index contributed by atoms with van der Waals surface area (Å²) in [6.07, 6.45) is 0. The van der Waals surface area contributed by atoms with Gasteiger partial charge in [-0.3, -0.25) is 0 Å². The summed E-state index contributed by atoms with van der Waals surface area (Å²) < 4.78 is 1.12. The predicted molar refractivity (Wildman–Crippen MR) is 83.8 cm³/mol. The fourth-order valence-electron chi connectivity index (χ4n) is 1.94. The van der Waals surface area contributed by atoms with Gasteiger partial charge in [0.2, 0.25) is 0 Å². The van der Waals surface area contributed by atoms with Crippen molar-refractivity contribution in [3.8, 4) is 6.07 Å². The zero-order valence-electron chi connectivity index (χ0n) is 10.6. The van der Waals surface area contributed by atoms with Gasteiger partial charge in [-0.25, -0.2) is 4.98 Å². The maximum absolute atomic E-state index is 9.16. The van der Waals surface area contributed by atoms with E-state index in [4.69, 9.17) is 16.9 Å². The molecule has 0 bridgehead atoms. The van der Waals surface area contributed by atoms with E-state index in [1.54, 1.807) is 17.4 Å². The van der Waals surface area contributed by atoms with Crippen LogP contribution in [0.25, 0.3) is 10.2 Å². The lowest BCUT2D eigenvalue weighted by Gasteiger charge is -2.05. The van der Waals surface area contributed by atoms with Gasteiger partial charge in [0.25, 0.3) is 0 Å². The molecular formula is C15H10ClN3S. The van der Waals surface area contributed by atoms with Crippen LogP contribution in [-0.2, 0) is 0 Å². The van der Waals surface area contributed by atoms with Crippen molar-refractivity contribution in [3.05, 3.63) is 52.5 Å². The minimum atomic E-state index is 0.435. The SMILES string of the molecule is Cc1ccc2nc(Nc3cccc(Cl)c3C#N)sc2c1. The van der Waals surface area contributed by atoms with Crippen molar-refractivity contribution in [1.29, 1.82) is 5.26 Å². The fraction of sp³-hybridized carbons (Fsp3) is 0.0667. The number of anilines is 2. The first-order valence-corrected chi connectivity index (χ1v) is 7.19. The van der Waals surface area contributed by atoms with Crippen LogP contribution in [0.4, 0.5) is 10.8 Å². The summed E-state index contributed by atoms with van der Waals surface area (Å²) in [6.45, 7) is 2.05. The molecule has 5 heteroatoms. The number of halogens is 1. The molecule has 0 atom stereocenters. The minimum absolute atomic E-state index is 0.435. The topological polar surface area (TPSA) is 48.7 Å². The number of aryl methyl sites for hydroxylation is 1. The highest BCUT2D eigenvalue weighted by Gasteiger charge is 2.09. The third kappa shape index (κ3) is 2.34. The summed E-state index contributed by atoms with van der Waals surface area (Å²) in [5, 5.41) is 13.5. The second-order valence-corrected chi connectivity index (χ2v) is 5.83. The molecule has 1 N–H and O–H groups in total. The molecule has 1 heterocycles. The monoisotopic (exact) mass is 299 g/mol. The van der Waals surface area contributed by atoms with Gasteiger partial charge in [0.15, 0.2) is 5.13 Å². The van der Waals surface area contributed by atoms with Gasteiger partial charge in [-0.2, -0.15) is 5.26 Å². The number of benzene rings is 2. The quantitative estimate of drug-likeness (QED) is 0.734. The van der Waals surface area contributed by atoms with Gasteiger partial charge in [-0.1, -0.05) is 35.1 Å². The Labute approximate surface area is 125 Å². The number of nitrogens with one attached hydrogen (secondary N) is 1. The number of hydrogen-bond acceptors (Lipinski definition) is 4. The highest BCUT2D eigenvalue weighted by molar-refractivity contribution is 7.22. The normalized spacial score (nSPS) is 10.4. The standard InChI is InChI=1S/C15H10ClN3S/c1-9-5-6-13-14(7-9)20-15(19-13)18-12-4-2-3-11(16)10(12)8-17/h2-7H,1H3,(H,18,19). The summed E-state index contributed by atoms with van der Waals surface area (Å²) in [6, 6.07) is 13.6. The molecule has 0 unspecified atom stereocenters. The summed E-state index contributed by atoms with van der Waals surface area (Å²) in [5.41, 5.74) is 3.26. The van der Waals surface area contributed by atoms with Crippen LogP contribution in [0.2, 0.25) is 5.02 Å². The third-order valence-corrected chi connectivity index (χ3v) is 4.16. The molecular weight excluding hydrogens is 290 g/mol. The first-order chi connectivity index (χ1) is 9.67. The smallest absolute Gasteiger partial charge is 0.188 e. The first kappa shape index (κ1) is 12.9. The van der Waals surface area contributed by atoms with Crippen LogP contribution in [0, 0.1) is 18.3 Å². The Kier molecular flexibility index (Phi) is 3.31. The van der Waals surface area contributed by atoms with E-state index in [-0.39, 0.29) is 0 Å². The highest BCUT2D eigenvalue weighted by atomic mass is 35.5. The van der Waals surface area contributed by atoms with Crippen molar-refractivity contribution >= 4 is 44.0 Å². The Morgan fingerprint density at radius 2 is 2.15 bits per heavy atom. The van der Waals surface area contributed by atoms with Gasteiger partial charge in [0.05, 0.1) is 26.5 Å². The molecule has 2 aromatic carbocycles. The Morgan fingerprint density at radius 1 is 1.30 bits per heavy atom. The summed E-state index contributed by atoms with van der Waals surface area (Å²) in [4.78, 5) is 4.51. The highest BCUT2D eigenvalue weighted by Crippen LogP contribution is 2.31. The minimum Gasteiger partial charge on any atom is -0.330 e. The first-order valence-electron chi connectivity index (χ1n) is 6.00. The Balaban J connectivity index is 2.02. The van der Waals surface area contributed by atoms with E-state index in [1.165, 1.54) is 5.56 Å². The zero-order valence-corrected chi connectivity index (χ0v) is 12.2. The van der Waals surface area contributed by atoms with Crippen LogP contribution in [0.1, 0.15) is 11.1 Å². The van der Waals surface area contributed by atoms with E-state index in [2.05, 4.69) is 29.4 Å². The van der Waals surface area contributed by atoms with Crippen molar-refractivity contribution in [2.45, 2.75) is 6.92 Å². The lowest BCUT2D eigenvalue weighted by molar-refractivity contribution is 1.41. The average Bonchev–Trinajstić information content (AvgIpc) is 2.80. The molecule has 0 fully saturated rings. The maximum atomic E-state index is 9.16. The van der Waals surface area contributed by atoms with Crippen molar-refractivity contribution in [2.24, 2.45) is 0 Å². The fourth-order valence-corrected chi connectivity index (χ4v) is 3.14. The van der Waals surface area contributed by atoms with Crippen LogP contribution in [0.3, 0.4) is 0 Å². The molecule has 0 amide bonds. The maximum Gasteiger partial charge on any atom is 0.188 e. The summed E-state index contributed by atoms with van der Waals surface area (Å²) in [7, 11) is 0. The van der Waals surface area contributed by atoms with Gasteiger partial charge in [-0.15, -0.1) is 0 Å². The largest absolute Gasteiger partial charge is 0.330 e. The summed E-state index contributed by atoms with van der Waals surface area (Å²) in [5.74, 6) is 0. The molecule has 0 saturated carbocycles. The van der Waals surface area contributed by atoms with Crippen molar-refractivity contribution in [2.75, 3.05) is 5.32 Å². The van der Waals surface area contributed by atoms with Gasteiger partial charge >= 0.3 is 0 Å². The van der Waals surface area contributed by atoms with Gasteiger partial charge in [0.1, 0.15) is 6.07 Å². The van der Waals surface area contributed by atoms with E-state index in [1.807, 2.05) is 24.3 Å². The molecule has 0 aliphatic rings. The van der Waals surface area contributed by atoms with E-state index in [0.717, 1.165) is 15.3 Å². The number of rotatable bonds is 2. The van der Waals surface area contributed by atoms with Gasteiger partial charge in [-0.05, 0) is 36.8 Å². The van der Waals surface area contributed by atoms with Crippen molar-refractivity contribution < 1.29 is 0 Å². The van der Waals surface area contributed by atoms with Crippen molar-refractivity contribution in [3.63, 3.8) is 0 Å². The van der Waals surface area contributed by atoms with Crippen LogP contribution >= 0.6 is 22.9 Å². The third-order valence-electron chi connectivity index (χ3n) is 2.91. The molecule has 3 aromatic rings. The van der Waals surface area contributed by atoms with E-state index < -0.39 is 0 Å². The van der Waals surface area contributed by atoms with Crippen LogP contribution in [0.5, 0.6) is 0 Å². The zero-order chi connectivity index (χ0) is 14.1. The van der Waals surface area contributed by atoms with E-state index in [9.17, 15) is 0 Å². The second-order valence-electron chi connectivity index (χ2n) is 4.39. The molecule has 1 aromatic heterocycles. The molecule has 3 rings (SSSR count). The van der Waals surface area contributed by atoms with Crippen LogP contribution in [0.15, 0.2) is 36.4 Å². The average molecular weight is 300 g/mol. The summed E-state index contributed by atoms with van der Waals surface area (Å²) >= 11 is 7.57. The molecule has 0 aliphatic carbocycles. The number of hydrogen-bond donors (Lipinski definition) is 1. The number of aromatic nitrogens is 1. The van der Waals surface area contributed by atoms with E-state index in [0.29, 0.717) is 16.3 Å².